The van der Waals surface area contributed by atoms with Gasteiger partial charge in [0.15, 0.2) is 11.6 Å². The van der Waals surface area contributed by atoms with Crippen LogP contribution in [-0.2, 0) is 4.79 Å². The quantitative estimate of drug-likeness (QED) is 0.106. The second-order valence-electron chi connectivity index (χ2n) is 13.1. The van der Waals surface area contributed by atoms with E-state index in [0.29, 0.717) is 28.4 Å². The molecule has 3 atom stereocenters. The molecule has 0 aliphatic carbocycles. The number of rotatable bonds is 6. The molecule has 6 heterocycles. The summed E-state index contributed by atoms with van der Waals surface area (Å²) >= 11 is 1.19. The van der Waals surface area contributed by atoms with E-state index in [1.54, 1.807) is 34.5 Å². The Hall–Kier alpha value is -5.64. The smallest absolute Gasteiger partial charge is 0.318 e. The molecule has 10 nitrogen and oxygen atoms in total. The molecule has 8 rings (SSSR count). The lowest BCUT2D eigenvalue weighted by Gasteiger charge is -2.41. The fraction of sp³-hybridized carbons (Fsp3) is 0.333. The highest BCUT2D eigenvalue weighted by molar-refractivity contribution is 7.10. The Bertz CT molecular complexity index is 2310. The first kappa shape index (κ1) is 36.7. The Kier molecular flexibility index (Phi) is 10.7. The zero-order valence-electron chi connectivity index (χ0n) is 29.2. The Morgan fingerprint density at radius 3 is 2.74 bits per heavy atom. The summed E-state index contributed by atoms with van der Waals surface area (Å²) in [7, 11) is 1.34. The number of hydrogen-bond acceptors (Lipinski definition) is 10. The minimum Gasteiger partial charge on any atom is -0.467 e. The average molecular weight is 755 g/mol. The second-order valence-corrected chi connectivity index (χ2v) is 14.1. The number of thiazole rings is 1. The molecule has 0 saturated carbocycles. The minimum atomic E-state index is -0.990. The number of alkyl halides is 1. The monoisotopic (exact) mass is 754 g/mol. The van der Waals surface area contributed by atoms with E-state index in [-0.39, 0.29) is 65.6 Å². The van der Waals surface area contributed by atoms with Crippen LogP contribution in [0.5, 0.6) is 6.01 Å². The maximum Gasteiger partial charge on any atom is 0.318 e. The van der Waals surface area contributed by atoms with Crippen LogP contribution < -0.4 is 9.64 Å². The highest BCUT2D eigenvalue weighted by atomic mass is 32.1. The highest BCUT2D eigenvalue weighted by Crippen LogP contribution is 2.37. The highest BCUT2D eigenvalue weighted by Gasteiger charge is 2.36. The van der Waals surface area contributed by atoms with E-state index in [1.165, 1.54) is 54.6 Å². The number of carbonyl (C=O) groups excluding carboxylic acids is 1. The number of pyridine rings is 1. The number of fused-ring (bicyclic) bond motifs is 3. The number of nitriles is 1. The number of halogens is 4. The number of carbonyl (C=O) groups is 1. The van der Waals surface area contributed by atoms with Crippen LogP contribution in [0.3, 0.4) is 0 Å². The summed E-state index contributed by atoms with van der Waals surface area (Å²) in [5.41, 5.74) is 0.0687. The molecule has 3 fully saturated rings. The van der Waals surface area contributed by atoms with E-state index < -0.39 is 35.6 Å². The molecule has 2 aromatic carbocycles. The summed E-state index contributed by atoms with van der Waals surface area (Å²) in [5, 5.41) is 12.7. The van der Waals surface area contributed by atoms with Crippen molar-refractivity contribution in [2.45, 2.75) is 43.9 Å². The Morgan fingerprint density at radius 1 is 1.15 bits per heavy atom. The van der Waals surface area contributed by atoms with E-state index in [2.05, 4.69) is 36.8 Å². The molecule has 3 aromatic heterocycles. The van der Waals surface area contributed by atoms with Crippen LogP contribution in [0.15, 0.2) is 53.9 Å². The molecule has 0 bridgehead atoms. The van der Waals surface area contributed by atoms with Crippen LogP contribution in [0.4, 0.5) is 23.4 Å². The number of methoxy groups -OCH3 is 1. The van der Waals surface area contributed by atoms with Gasteiger partial charge in [-0.3, -0.25) is 14.7 Å². The summed E-state index contributed by atoms with van der Waals surface area (Å²) in [5.74, 6) is -0.642. The summed E-state index contributed by atoms with van der Waals surface area (Å²) in [6.07, 6.45) is 12.3. The Balaban J connectivity index is 0.000000433. The molecule has 3 unspecified atom stereocenters. The summed E-state index contributed by atoms with van der Waals surface area (Å²) < 4.78 is 63.8. The number of amides is 1. The normalized spacial score (nSPS) is 20.0. The number of terminal acetylenes is 1. The van der Waals surface area contributed by atoms with E-state index >= 15 is 4.39 Å². The predicted molar refractivity (Wildman–Crippen MR) is 198 cm³/mol. The number of hydrogen-bond donors (Lipinski definition) is 0. The first-order valence-electron chi connectivity index (χ1n) is 17.4. The third-order valence-corrected chi connectivity index (χ3v) is 10.7. The average Bonchev–Trinajstić information content (AvgIpc) is 3.94. The number of ether oxygens (including phenoxy) is 1. The van der Waals surface area contributed by atoms with Crippen molar-refractivity contribution in [1.29, 1.82) is 5.26 Å². The molecule has 1 amide bonds. The van der Waals surface area contributed by atoms with Crippen molar-refractivity contribution in [3.05, 3.63) is 76.1 Å². The van der Waals surface area contributed by atoms with Gasteiger partial charge in [-0.25, -0.2) is 22.5 Å². The van der Waals surface area contributed by atoms with E-state index in [1.807, 2.05) is 0 Å². The lowest BCUT2D eigenvalue weighted by atomic mass is 9.96. The lowest BCUT2D eigenvalue weighted by molar-refractivity contribution is -0.131. The fourth-order valence-corrected chi connectivity index (χ4v) is 8.02. The number of piperazine rings is 1. The van der Waals surface area contributed by atoms with Crippen LogP contribution in [0.1, 0.15) is 36.3 Å². The van der Waals surface area contributed by atoms with Crippen molar-refractivity contribution in [3.8, 4) is 35.7 Å². The number of benzene rings is 2. The maximum atomic E-state index is 16.4. The van der Waals surface area contributed by atoms with Crippen molar-refractivity contribution >= 4 is 50.8 Å². The van der Waals surface area contributed by atoms with Crippen molar-refractivity contribution in [2.75, 3.05) is 44.7 Å². The van der Waals surface area contributed by atoms with Gasteiger partial charge in [-0.15, -0.1) is 17.8 Å². The van der Waals surface area contributed by atoms with E-state index in [4.69, 9.17) is 11.2 Å². The molecule has 276 valence electrons. The van der Waals surface area contributed by atoms with Gasteiger partial charge in [-0.05, 0) is 37.3 Å². The zero-order valence-corrected chi connectivity index (χ0v) is 30.0. The molecule has 3 aliphatic heterocycles. The largest absolute Gasteiger partial charge is 0.467 e. The predicted octanol–water partition coefficient (Wildman–Crippen LogP) is 6.70. The summed E-state index contributed by atoms with van der Waals surface area (Å²) in [4.78, 5) is 35.5. The van der Waals surface area contributed by atoms with Gasteiger partial charge >= 0.3 is 6.01 Å². The van der Waals surface area contributed by atoms with Gasteiger partial charge in [0.1, 0.15) is 34.0 Å². The molecular weight excluding hydrogens is 721 g/mol. The standard InChI is InChI=1S/C32H22F3N7O2S.C7H12FN/c1-3-20-23(33)8-7-18-5-4-6-21(26(18)20)28-27(35)29-22(16-38-28)30(40-32(39-29)44-2)41-12-13-42(19(17-41)9-10-36)31(43)24(34)15-25-37-11-14-45-25;8-6-4-7-2-1-3-9(7)5-6/h1,4-8,11,14-16,19H,9,12-13,17H2,2H3;6-7H,1-5H2/b24-15-;. The maximum absolute atomic E-state index is 16.4. The molecule has 5 aromatic rings. The topological polar surface area (TPSA) is 111 Å². The van der Waals surface area contributed by atoms with Gasteiger partial charge in [-0.2, -0.15) is 15.2 Å². The van der Waals surface area contributed by atoms with E-state index in [9.17, 15) is 23.2 Å². The number of nitrogens with zero attached hydrogens (tertiary/aromatic N) is 8. The Labute approximate surface area is 312 Å². The lowest BCUT2D eigenvalue weighted by Crippen LogP contribution is -2.55. The number of anilines is 1. The Morgan fingerprint density at radius 2 is 2.00 bits per heavy atom. The van der Waals surface area contributed by atoms with Crippen molar-refractivity contribution in [1.82, 2.24) is 29.7 Å². The molecule has 3 aliphatic rings. The van der Waals surface area contributed by atoms with Crippen LogP contribution in [0, 0.1) is 35.3 Å². The zero-order chi connectivity index (χ0) is 37.9. The molecule has 0 radical (unpaired) electrons. The minimum absolute atomic E-state index is 0.0146. The molecule has 3 saturated heterocycles. The van der Waals surface area contributed by atoms with Gasteiger partial charge in [0.05, 0.1) is 36.6 Å². The van der Waals surface area contributed by atoms with Gasteiger partial charge in [0.25, 0.3) is 5.91 Å². The third-order valence-electron chi connectivity index (χ3n) is 9.96. The van der Waals surface area contributed by atoms with Gasteiger partial charge in [0.2, 0.25) is 0 Å². The third kappa shape index (κ3) is 7.17. The molecule has 0 N–H and O–H groups in total. The van der Waals surface area contributed by atoms with Gasteiger partial charge < -0.3 is 14.5 Å². The van der Waals surface area contributed by atoms with Crippen molar-refractivity contribution < 1.29 is 27.1 Å². The summed E-state index contributed by atoms with van der Waals surface area (Å²) in [6.45, 7) is 2.19. The van der Waals surface area contributed by atoms with Gasteiger partial charge in [0, 0.05) is 67.0 Å². The van der Waals surface area contributed by atoms with Gasteiger partial charge in [-0.1, -0.05) is 30.2 Å². The van der Waals surface area contributed by atoms with Crippen molar-refractivity contribution in [2.24, 2.45) is 0 Å². The van der Waals surface area contributed by atoms with E-state index in [0.717, 1.165) is 19.0 Å². The molecule has 0 spiro atoms. The molecule has 54 heavy (non-hydrogen) atoms. The van der Waals surface area contributed by atoms with Crippen LogP contribution in [-0.4, -0.2) is 93.7 Å². The first-order valence-corrected chi connectivity index (χ1v) is 18.2. The SMILES string of the molecule is C#Cc1c(F)ccc2cccc(-c3ncc4c(N5CCN(C(=O)/C(F)=C/c6nccs6)C(CC#N)C5)nc(OC)nc4c3F)c12.FC1CC2CCCN2C1. The fourth-order valence-electron chi connectivity index (χ4n) is 7.47. The summed E-state index contributed by atoms with van der Waals surface area (Å²) in [6, 6.07) is 9.69. The number of aromatic nitrogens is 4. The molecular formula is C39H34F4N8O2S. The van der Waals surface area contributed by atoms with Crippen LogP contribution in [0.25, 0.3) is 39.0 Å². The van der Waals surface area contributed by atoms with Crippen LogP contribution in [0.2, 0.25) is 0 Å². The second kappa shape index (κ2) is 15.8. The van der Waals surface area contributed by atoms with Crippen molar-refractivity contribution in [3.63, 3.8) is 0 Å². The van der Waals surface area contributed by atoms with Crippen LogP contribution >= 0.6 is 11.3 Å². The molecule has 15 heteroatoms. The first-order chi connectivity index (χ1) is 26.2.